The molecule has 2 N–H and O–H groups in total. The topological polar surface area (TPSA) is 59.1 Å². The van der Waals surface area contributed by atoms with Crippen LogP contribution in [0.15, 0.2) is 6.07 Å². The Bertz CT molecular complexity index is 606. The first-order valence-corrected chi connectivity index (χ1v) is 7.79. The maximum Gasteiger partial charge on any atom is 0.225 e. The van der Waals surface area contributed by atoms with Crippen molar-refractivity contribution in [3.05, 3.63) is 10.9 Å². The summed E-state index contributed by atoms with van der Waals surface area (Å²) in [5, 5.41) is 7.69. The normalized spacial score (nSPS) is 20.2. The van der Waals surface area contributed by atoms with Gasteiger partial charge in [-0.05, 0) is 26.3 Å². The molecule has 2 aromatic rings. The molecule has 2 aromatic heterocycles. The van der Waals surface area contributed by atoms with Crippen LogP contribution in [0.3, 0.4) is 0 Å². The first kappa shape index (κ1) is 13.6. The number of aromatic nitrogens is 2. The van der Waals surface area contributed by atoms with Gasteiger partial charge in [0.15, 0.2) is 0 Å². The van der Waals surface area contributed by atoms with Crippen LogP contribution >= 0.6 is 11.3 Å². The SMILES string of the molecule is CNc1nc(NC(C)C2CCOC2)c2cc(C)sc2n1. The molecule has 5 nitrogen and oxygen atoms in total. The van der Waals surface area contributed by atoms with Crippen molar-refractivity contribution in [3.8, 4) is 0 Å². The number of hydrogen-bond donors (Lipinski definition) is 2. The van der Waals surface area contributed by atoms with Crippen LogP contribution in [0.4, 0.5) is 11.8 Å². The lowest BCUT2D eigenvalue weighted by atomic mass is 10.0. The molecule has 3 heterocycles. The van der Waals surface area contributed by atoms with Gasteiger partial charge in [0.05, 0.1) is 12.0 Å². The van der Waals surface area contributed by atoms with Crippen LogP contribution in [0.1, 0.15) is 18.2 Å². The highest BCUT2D eigenvalue weighted by Gasteiger charge is 2.23. The second-order valence-electron chi connectivity index (χ2n) is 5.28. The van der Waals surface area contributed by atoms with Gasteiger partial charge in [0.25, 0.3) is 0 Å². The van der Waals surface area contributed by atoms with E-state index in [9.17, 15) is 0 Å². The van der Waals surface area contributed by atoms with Gasteiger partial charge in [0.1, 0.15) is 10.6 Å². The maximum atomic E-state index is 5.47. The Balaban J connectivity index is 1.92. The zero-order valence-corrected chi connectivity index (χ0v) is 12.9. The molecule has 3 rings (SSSR count). The summed E-state index contributed by atoms with van der Waals surface area (Å²) in [7, 11) is 1.85. The highest BCUT2D eigenvalue weighted by molar-refractivity contribution is 7.18. The average molecular weight is 292 g/mol. The molecule has 1 saturated heterocycles. The van der Waals surface area contributed by atoms with Crippen molar-refractivity contribution in [1.29, 1.82) is 0 Å². The molecule has 0 aliphatic carbocycles. The predicted octanol–water partition coefficient (Wildman–Crippen LogP) is 2.88. The van der Waals surface area contributed by atoms with E-state index >= 15 is 0 Å². The highest BCUT2D eigenvalue weighted by Crippen LogP contribution is 2.31. The van der Waals surface area contributed by atoms with E-state index in [0.717, 1.165) is 35.7 Å². The summed E-state index contributed by atoms with van der Waals surface area (Å²) >= 11 is 1.70. The molecular formula is C14H20N4OS. The van der Waals surface area contributed by atoms with Crippen LogP contribution in [0.5, 0.6) is 0 Å². The van der Waals surface area contributed by atoms with Gasteiger partial charge in [-0.2, -0.15) is 4.98 Å². The Morgan fingerprint density at radius 2 is 2.30 bits per heavy atom. The van der Waals surface area contributed by atoms with E-state index in [1.807, 2.05) is 7.05 Å². The van der Waals surface area contributed by atoms with E-state index in [1.165, 1.54) is 4.88 Å². The number of aryl methyl sites for hydroxylation is 1. The zero-order valence-electron chi connectivity index (χ0n) is 12.1. The number of ether oxygens (including phenoxy) is 1. The van der Waals surface area contributed by atoms with Gasteiger partial charge < -0.3 is 15.4 Å². The molecular weight excluding hydrogens is 272 g/mol. The summed E-state index contributed by atoms with van der Waals surface area (Å²) in [6.07, 6.45) is 1.12. The van der Waals surface area contributed by atoms with Gasteiger partial charge in [-0.15, -0.1) is 11.3 Å². The van der Waals surface area contributed by atoms with Gasteiger partial charge in [-0.25, -0.2) is 4.98 Å². The van der Waals surface area contributed by atoms with Crippen molar-refractivity contribution in [2.75, 3.05) is 30.9 Å². The smallest absolute Gasteiger partial charge is 0.225 e. The second kappa shape index (κ2) is 5.54. The maximum absolute atomic E-state index is 5.47. The van der Waals surface area contributed by atoms with E-state index in [-0.39, 0.29) is 0 Å². The zero-order chi connectivity index (χ0) is 14.1. The monoisotopic (exact) mass is 292 g/mol. The third-order valence-electron chi connectivity index (χ3n) is 3.78. The Labute approximate surface area is 122 Å². The minimum absolute atomic E-state index is 0.348. The lowest BCUT2D eigenvalue weighted by Crippen LogP contribution is -2.26. The molecule has 108 valence electrons. The van der Waals surface area contributed by atoms with Crippen molar-refractivity contribution in [2.45, 2.75) is 26.3 Å². The van der Waals surface area contributed by atoms with Crippen molar-refractivity contribution < 1.29 is 4.74 Å². The summed E-state index contributed by atoms with van der Waals surface area (Å²) in [4.78, 5) is 11.4. The molecule has 1 aliphatic rings. The fraction of sp³-hybridized carbons (Fsp3) is 0.571. The fourth-order valence-electron chi connectivity index (χ4n) is 2.54. The van der Waals surface area contributed by atoms with Gasteiger partial charge in [0, 0.05) is 30.5 Å². The molecule has 0 saturated carbocycles. The van der Waals surface area contributed by atoms with E-state index < -0.39 is 0 Å². The number of thiophene rings is 1. The molecule has 2 atom stereocenters. The number of fused-ring (bicyclic) bond motifs is 1. The van der Waals surface area contributed by atoms with Crippen molar-refractivity contribution in [1.82, 2.24) is 9.97 Å². The summed E-state index contributed by atoms with van der Waals surface area (Å²) < 4.78 is 5.47. The molecule has 1 fully saturated rings. The van der Waals surface area contributed by atoms with Crippen LogP contribution in [0.2, 0.25) is 0 Å². The molecule has 6 heteroatoms. The van der Waals surface area contributed by atoms with Gasteiger partial charge in [-0.3, -0.25) is 0 Å². The number of hydrogen-bond acceptors (Lipinski definition) is 6. The second-order valence-corrected chi connectivity index (χ2v) is 6.51. The molecule has 0 bridgehead atoms. The third kappa shape index (κ3) is 2.58. The minimum atomic E-state index is 0.348. The van der Waals surface area contributed by atoms with E-state index in [0.29, 0.717) is 17.9 Å². The van der Waals surface area contributed by atoms with Crippen molar-refractivity contribution >= 4 is 33.3 Å². The lowest BCUT2D eigenvalue weighted by Gasteiger charge is -2.20. The standard InChI is InChI=1S/C14H20N4OS/c1-8-6-11-12(16-9(2)10-4-5-19-7-10)17-14(15-3)18-13(11)20-8/h6,9-10H,4-5,7H2,1-3H3,(H2,15,16,17,18). The molecule has 20 heavy (non-hydrogen) atoms. The van der Waals surface area contributed by atoms with E-state index in [4.69, 9.17) is 4.74 Å². The van der Waals surface area contributed by atoms with Gasteiger partial charge in [-0.1, -0.05) is 0 Å². The number of rotatable bonds is 4. The lowest BCUT2D eigenvalue weighted by molar-refractivity contribution is 0.183. The Hall–Kier alpha value is -1.40. The summed E-state index contributed by atoms with van der Waals surface area (Å²) in [6.45, 7) is 6.01. The predicted molar refractivity (Wildman–Crippen MR) is 83.7 cm³/mol. The average Bonchev–Trinajstić information content (AvgIpc) is 3.06. The fourth-order valence-corrected chi connectivity index (χ4v) is 3.42. The quantitative estimate of drug-likeness (QED) is 0.907. The Morgan fingerprint density at radius 3 is 3.00 bits per heavy atom. The molecule has 0 amide bonds. The number of nitrogens with one attached hydrogen (secondary N) is 2. The van der Waals surface area contributed by atoms with E-state index in [2.05, 4.69) is 40.5 Å². The highest BCUT2D eigenvalue weighted by atomic mass is 32.1. The number of anilines is 2. The molecule has 0 aromatic carbocycles. The van der Waals surface area contributed by atoms with Crippen LogP contribution in [0, 0.1) is 12.8 Å². The van der Waals surface area contributed by atoms with Crippen molar-refractivity contribution in [3.63, 3.8) is 0 Å². The molecule has 0 radical (unpaired) electrons. The van der Waals surface area contributed by atoms with Crippen LogP contribution < -0.4 is 10.6 Å². The van der Waals surface area contributed by atoms with Crippen LogP contribution in [-0.2, 0) is 4.74 Å². The molecule has 2 unspecified atom stereocenters. The Kier molecular flexibility index (Phi) is 3.76. The first-order valence-electron chi connectivity index (χ1n) is 6.97. The summed E-state index contributed by atoms with van der Waals surface area (Å²) in [5.41, 5.74) is 0. The largest absolute Gasteiger partial charge is 0.381 e. The summed E-state index contributed by atoms with van der Waals surface area (Å²) in [6, 6.07) is 2.50. The third-order valence-corrected chi connectivity index (χ3v) is 4.72. The molecule has 1 aliphatic heterocycles. The first-order chi connectivity index (χ1) is 9.67. The van der Waals surface area contributed by atoms with Crippen LogP contribution in [-0.4, -0.2) is 36.3 Å². The molecule has 0 spiro atoms. The van der Waals surface area contributed by atoms with Gasteiger partial charge in [0.2, 0.25) is 5.95 Å². The Morgan fingerprint density at radius 1 is 1.45 bits per heavy atom. The van der Waals surface area contributed by atoms with Crippen LogP contribution in [0.25, 0.3) is 10.2 Å². The number of nitrogens with zero attached hydrogens (tertiary/aromatic N) is 2. The van der Waals surface area contributed by atoms with Crippen molar-refractivity contribution in [2.24, 2.45) is 5.92 Å². The summed E-state index contributed by atoms with van der Waals surface area (Å²) in [5.74, 6) is 2.14. The van der Waals surface area contributed by atoms with Gasteiger partial charge >= 0.3 is 0 Å². The minimum Gasteiger partial charge on any atom is -0.381 e. The van der Waals surface area contributed by atoms with E-state index in [1.54, 1.807) is 11.3 Å².